The summed E-state index contributed by atoms with van der Waals surface area (Å²) in [5.41, 5.74) is 2.58. The molecule has 0 radical (unpaired) electrons. The van der Waals surface area contributed by atoms with E-state index in [2.05, 4.69) is 34.5 Å². The number of nitrogens with zero attached hydrogens (tertiary/aromatic N) is 2. The van der Waals surface area contributed by atoms with E-state index in [4.69, 9.17) is 4.74 Å². The van der Waals surface area contributed by atoms with Crippen LogP contribution < -0.4 is 10.2 Å². The molecule has 1 aliphatic carbocycles. The van der Waals surface area contributed by atoms with E-state index in [0.717, 1.165) is 51.4 Å². The largest absolute Gasteiger partial charge is 0.379 e. The summed E-state index contributed by atoms with van der Waals surface area (Å²) in [6.45, 7) is 5.53. The Morgan fingerprint density at radius 1 is 1.15 bits per heavy atom. The summed E-state index contributed by atoms with van der Waals surface area (Å²) in [6.07, 6.45) is 4.71. The van der Waals surface area contributed by atoms with Crippen molar-refractivity contribution in [2.24, 2.45) is 0 Å². The number of carbonyl (C=O) groups is 2. The number of nitrogens with one attached hydrogen (secondary N) is 1. The summed E-state index contributed by atoms with van der Waals surface area (Å²) in [5.74, 6) is -0.00875. The van der Waals surface area contributed by atoms with Gasteiger partial charge in [0.1, 0.15) is 6.04 Å². The first kappa shape index (κ1) is 17.5. The van der Waals surface area contributed by atoms with Crippen LogP contribution in [0.25, 0.3) is 0 Å². The molecule has 26 heavy (non-hydrogen) atoms. The van der Waals surface area contributed by atoms with Crippen LogP contribution >= 0.6 is 0 Å². The predicted molar refractivity (Wildman–Crippen MR) is 99.2 cm³/mol. The van der Waals surface area contributed by atoms with Gasteiger partial charge in [-0.15, -0.1) is 0 Å². The second-order valence-electron chi connectivity index (χ2n) is 7.68. The Morgan fingerprint density at radius 3 is 2.54 bits per heavy atom. The third kappa shape index (κ3) is 3.48. The number of rotatable bonds is 6. The Kier molecular flexibility index (Phi) is 4.96. The van der Waals surface area contributed by atoms with E-state index in [0.29, 0.717) is 13.0 Å². The van der Waals surface area contributed by atoms with Gasteiger partial charge in [-0.05, 0) is 43.4 Å². The number of amides is 2. The van der Waals surface area contributed by atoms with E-state index in [1.54, 1.807) is 4.90 Å². The van der Waals surface area contributed by atoms with Crippen molar-refractivity contribution in [3.8, 4) is 0 Å². The van der Waals surface area contributed by atoms with Gasteiger partial charge in [0.2, 0.25) is 12.3 Å². The normalized spacial score (nSPS) is 25.8. The fourth-order valence-corrected chi connectivity index (χ4v) is 4.24. The molecule has 2 heterocycles. The standard InChI is InChI=1S/C20H27N3O3/c24-15-21-18-2-1-9-23(19(18)25)17-5-3-16(4-6-17)20(7-8-20)14-22-10-12-26-13-11-22/h3-6,15,18H,1-2,7-14H2,(H,21,24). The van der Waals surface area contributed by atoms with E-state index < -0.39 is 6.04 Å². The number of benzene rings is 1. The first-order valence-corrected chi connectivity index (χ1v) is 9.64. The molecule has 0 aromatic heterocycles. The molecule has 6 nitrogen and oxygen atoms in total. The van der Waals surface area contributed by atoms with E-state index in [-0.39, 0.29) is 11.3 Å². The first-order chi connectivity index (χ1) is 12.7. The number of ether oxygens (including phenoxy) is 1. The third-order valence-electron chi connectivity index (χ3n) is 5.98. The van der Waals surface area contributed by atoms with Crippen molar-refractivity contribution in [3.63, 3.8) is 0 Å². The minimum Gasteiger partial charge on any atom is -0.379 e. The Hall–Kier alpha value is -1.92. The maximum absolute atomic E-state index is 12.6. The molecule has 0 bridgehead atoms. The molecular formula is C20H27N3O3. The second kappa shape index (κ2) is 7.37. The van der Waals surface area contributed by atoms with Gasteiger partial charge in [0.15, 0.2) is 0 Å². The van der Waals surface area contributed by atoms with Crippen molar-refractivity contribution in [1.29, 1.82) is 0 Å². The van der Waals surface area contributed by atoms with Crippen LogP contribution in [0.3, 0.4) is 0 Å². The van der Waals surface area contributed by atoms with E-state index in [1.165, 1.54) is 18.4 Å². The van der Waals surface area contributed by atoms with Crippen molar-refractivity contribution in [1.82, 2.24) is 10.2 Å². The summed E-state index contributed by atoms with van der Waals surface area (Å²) in [7, 11) is 0. The molecule has 1 saturated carbocycles. The van der Waals surface area contributed by atoms with Crippen LogP contribution in [0.1, 0.15) is 31.2 Å². The number of anilines is 1. The first-order valence-electron chi connectivity index (χ1n) is 9.64. The zero-order valence-corrected chi connectivity index (χ0v) is 15.2. The molecular weight excluding hydrogens is 330 g/mol. The summed E-state index contributed by atoms with van der Waals surface area (Å²) in [6, 6.07) is 8.11. The number of carbonyl (C=O) groups excluding carboxylic acids is 2. The highest BCUT2D eigenvalue weighted by molar-refractivity contribution is 5.98. The maximum atomic E-state index is 12.6. The molecule has 1 atom stereocenters. The Morgan fingerprint density at radius 2 is 1.88 bits per heavy atom. The van der Waals surface area contributed by atoms with Crippen LogP contribution in [0.4, 0.5) is 5.69 Å². The molecule has 3 aliphatic rings. The quantitative estimate of drug-likeness (QED) is 0.780. The number of morpholine rings is 1. The minimum atomic E-state index is -0.392. The van der Waals surface area contributed by atoms with E-state index >= 15 is 0 Å². The average Bonchev–Trinajstić information content (AvgIpc) is 3.45. The highest BCUT2D eigenvalue weighted by Crippen LogP contribution is 2.49. The molecule has 4 rings (SSSR count). The Balaban J connectivity index is 1.45. The molecule has 3 fully saturated rings. The van der Waals surface area contributed by atoms with Gasteiger partial charge in [0.05, 0.1) is 13.2 Å². The molecule has 1 N–H and O–H groups in total. The number of hydrogen-bond acceptors (Lipinski definition) is 4. The lowest BCUT2D eigenvalue weighted by Crippen LogP contribution is -2.50. The van der Waals surface area contributed by atoms with Crippen LogP contribution in [0.2, 0.25) is 0 Å². The fraction of sp³-hybridized carbons (Fsp3) is 0.600. The van der Waals surface area contributed by atoms with Gasteiger partial charge in [-0.25, -0.2) is 0 Å². The topological polar surface area (TPSA) is 61.9 Å². The van der Waals surface area contributed by atoms with Crippen LogP contribution in [-0.2, 0) is 19.7 Å². The molecule has 2 amide bonds. The fourth-order valence-electron chi connectivity index (χ4n) is 4.24. The lowest BCUT2D eigenvalue weighted by atomic mass is 9.94. The predicted octanol–water partition coefficient (Wildman–Crippen LogP) is 1.29. The monoisotopic (exact) mass is 357 g/mol. The van der Waals surface area contributed by atoms with Gasteiger partial charge < -0.3 is 15.0 Å². The van der Waals surface area contributed by atoms with Crippen LogP contribution in [0.5, 0.6) is 0 Å². The second-order valence-corrected chi connectivity index (χ2v) is 7.68. The van der Waals surface area contributed by atoms with E-state index in [9.17, 15) is 9.59 Å². The smallest absolute Gasteiger partial charge is 0.249 e. The van der Waals surface area contributed by atoms with Crippen LogP contribution in [-0.4, -0.2) is 62.7 Å². The molecule has 1 aromatic carbocycles. The van der Waals surface area contributed by atoms with Crippen molar-refractivity contribution in [3.05, 3.63) is 29.8 Å². The molecule has 6 heteroatoms. The molecule has 1 aromatic rings. The van der Waals surface area contributed by atoms with Crippen molar-refractivity contribution >= 4 is 18.0 Å². The third-order valence-corrected chi connectivity index (χ3v) is 5.98. The van der Waals surface area contributed by atoms with Gasteiger partial charge >= 0.3 is 0 Å². The van der Waals surface area contributed by atoms with Crippen LogP contribution in [0.15, 0.2) is 24.3 Å². The SMILES string of the molecule is O=CNC1CCCN(c2ccc(C3(CN4CCOCC4)CC3)cc2)C1=O. The summed E-state index contributed by atoms with van der Waals surface area (Å²) in [4.78, 5) is 27.6. The van der Waals surface area contributed by atoms with Gasteiger partial charge in [0.25, 0.3) is 0 Å². The van der Waals surface area contributed by atoms with Gasteiger partial charge in [0, 0.05) is 37.3 Å². The molecule has 0 spiro atoms. The van der Waals surface area contributed by atoms with Crippen LogP contribution in [0, 0.1) is 0 Å². The molecule has 140 valence electrons. The number of hydrogen-bond donors (Lipinski definition) is 1. The molecule has 2 saturated heterocycles. The Bertz CT molecular complexity index is 651. The zero-order valence-electron chi connectivity index (χ0n) is 15.2. The summed E-state index contributed by atoms with van der Waals surface area (Å²) < 4.78 is 5.45. The zero-order chi connectivity index (χ0) is 18.0. The van der Waals surface area contributed by atoms with Crippen molar-refractivity contribution in [2.75, 3.05) is 44.3 Å². The number of piperidine rings is 1. The highest BCUT2D eigenvalue weighted by Gasteiger charge is 2.45. The van der Waals surface area contributed by atoms with Gasteiger partial charge in [-0.1, -0.05) is 12.1 Å². The molecule has 2 aliphatic heterocycles. The van der Waals surface area contributed by atoms with E-state index in [1.807, 2.05) is 0 Å². The van der Waals surface area contributed by atoms with Gasteiger partial charge in [-0.2, -0.15) is 0 Å². The summed E-state index contributed by atoms with van der Waals surface area (Å²) >= 11 is 0. The van der Waals surface area contributed by atoms with Crippen molar-refractivity contribution in [2.45, 2.75) is 37.1 Å². The Labute approximate surface area is 154 Å². The lowest BCUT2D eigenvalue weighted by molar-refractivity contribution is -0.124. The molecule has 1 unspecified atom stereocenters. The highest BCUT2D eigenvalue weighted by atomic mass is 16.5. The van der Waals surface area contributed by atoms with Crippen molar-refractivity contribution < 1.29 is 14.3 Å². The maximum Gasteiger partial charge on any atom is 0.249 e. The van der Waals surface area contributed by atoms with Gasteiger partial charge in [-0.3, -0.25) is 14.5 Å². The average molecular weight is 357 g/mol. The summed E-state index contributed by atoms with van der Waals surface area (Å²) in [5, 5.41) is 2.64. The lowest BCUT2D eigenvalue weighted by Gasteiger charge is -2.33. The minimum absolute atomic E-state index is 0.00875.